The molecule has 0 unspecified atom stereocenters. The second kappa shape index (κ2) is 10.1. The summed E-state index contributed by atoms with van der Waals surface area (Å²) in [4.78, 5) is 30.5. The maximum Gasteiger partial charge on any atom is 0.242 e. The Labute approximate surface area is 181 Å². The molecule has 0 aliphatic carbocycles. The number of hydrogen-bond acceptors (Lipinski definition) is 4. The molecule has 2 heterocycles. The Kier molecular flexibility index (Phi) is 7.48. The number of benzene rings is 1. The molecule has 0 saturated carbocycles. The third kappa shape index (κ3) is 5.01. The van der Waals surface area contributed by atoms with Crippen LogP contribution in [0, 0.1) is 5.82 Å². The molecule has 2 aromatic rings. The molecule has 0 spiro atoms. The molecule has 2 atom stereocenters. The summed E-state index contributed by atoms with van der Waals surface area (Å²) in [5.74, 6) is 0.169. The van der Waals surface area contributed by atoms with E-state index in [0.717, 1.165) is 18.4 Å². The molecule has 2 amide bonds. The summed E-state index contributed by atoms with van der Waals surface area (Å²) in [5, 5.41) is 2.04. The molecule has 0 radical (unpaired) electrons. The second-order valence-electron chi connectivity index (χ2n) is 7.55. The minimum absolute atomic E-state index is 0.00922. The summed E-state index contributed by atoms with van der Waals surface area (Å²) in [7, 11) is 0. The first-order valence-electron chi connectivity index (χ1n) is 10.5. The molecule has 1 aromatic heterocycles. The summed E-state index contributed by atoms with van der Waals surface area (Å²) in [6.07, 6.45) is 1.98. The number of amides is 2. The lowest BCUT2D eigenvalue weighted by Gasteiger charge is -2.38. The highest BCUT2D eigenvalue weighted by atomic mass is 32.1. The number of carbonyl (C=O) groups is 2. The Morgan fingerprint density at radius 2 is 2.00 bits per heavy atom. The fourth-order valence-corrected chi connectivity index (χ4v) is 4.66. The fraction of sp³-hybridized carbons (Fsp3) is 0.478. The van der Waals surface area contributed by atoms with Crippen LogP contribution < -0.4 is 4.74 Å². The van der Waals surface area contributed by atoms with E-state index in [1.807, 2.05) is 37.1 Å². The molecule has 7 heteroatoms. The summed E-state index contributed by atoms with van der Waals surface area (Å²) < 4.78 is 19.1. The lowest BCUT2D eigenvalue weighted by atomic mass is 10.00. The van der Waals surface area contributed by atoms with Gasteiger partial charge in [-0.1, -0.05) is 13.8 Å². The zero-order valence-electron chi connectivity index (χ0n) is 17.8. The molecule has 30 heavy (non-hydrogen) atoms. The minimum Gasteiger partial charge on any atom is -0.491 e. The molecule has 5 nitrogen and oxygen atoms in total. The van der Waals surface area contributed by atoms with Crippen LogP contribution in [-0.2, 0) is 16.0 Å². The van der Waals surface area contributed by atoms with E-state index in [9.17, 15) is 14.0 Å². The van der Waals surface area contributed by atoms with Crippen molar-refractivity contribution in [2.75, 3.05) is 19.7 Å². The van der Waals surface area contributed by atoms with Crippen LogP contribution in [0.1, 0.15) is 50.1 Å². The average Bonchev–Trinajstić information content (AvgIpc) is 3.24. The first-order chi connectivity index (χ1) is 14.4. The number of halogens is 1. The monoisotopic (exact) mass is 432 g/mol. The van der Waals surface area contributed by atoms with Gasteiger partial charge in [-0.2, -0.15) is 0 Å². The summed E-state index contributed by atoms with van der Waals surface area (Å²) >= 11 is 1.69. The van der Waals surface area contributed by atoms with Crippen LogP contribution in [-0.4, -0.2) is 47.4 Å². The maximum absolute atomic E-state index is 13.3. The number of ether oxygens (including phenoxy) is 1. The van der Waals surface area contributed by atoms with Crippen molar-refractivity contribution in [1.82, 2.24) is 9.80 Å². The molecule has 3 rings (SSSR count). The minimum atomic E-state index is -0.317. The van der Waals surface area contributed by atoms with Gasteiger partial charge in [-0.3, -0.25) is 9.59 Å². The van der Waals surface area contributed by atoms with E-state index in [0.29, 0.717) is 18.7 Å². The summed E-state index contributed by atoms with van der Waals surface area (Å²) in [6, 6.07) is 7.71. The highest BCUT2D eigenvalue weighted by Crippen LogP contribution is 2.34. The predicted molar refractivity (Wildman–Crippen MR) is 116 cm³/mol. The van der Waals surface area contributed by atoms with Crippen LogP contribution in [0.4, 0.5) is 4.39 Å². The van der Waals surface area contributed by atoms with Gasteiger partial charge in [0, 0.05) is 23.9 Å². The predicted octanol–water partition coefficient (Wildman–Crippen LogP) is 4.43. The smallest absolute Gasteiger partial charge is 0.242 e. The SMILES string of the molecule is CCC(=O)N(CC(=O)N1CCc2sccc2[C@H]1COc1ccc(F)cc1)[C@H](C)CC. The van der Waals surface area contributed by atoms with Crippen molar-refractivity contribution in [3.63, 3.8) is 0 Å². The molecule has 0 bridgehead atoms. The van der Waals surface area contributed by atoms with Crippen LogP contribution in [0.3, 0.4) is 0 Å². The number of carbonyl (C=O) groups excluding carboxylic acids is 2. The molecule has 0 saturated heterocycles. The van der Waals surface area contributed by atoms with Gasteiger partial charge in [0.25, 0.3) is 0 Å². The Morgan fingerprint density at radius 3 is 2.67 bits per heavy atom. The number of fused-ring (bicyclic) bond motifs is 1. The summed E-state index contributed by atoms with van der Waals surface area (Å²) in [6.45, 7) is 6.77. The zero-order chi connectivity index (χ0) is 21.7. The Balaban J connectivity index is 1.77. The molecule has 0 fully saturated rings. The van der Waals surface area contributed by atoms with Crippen molar-refractivity contribution >= 4 is 23.2 Å². The highest BCUT2D eigenvalue weighted by Gasteiger charge is 2.34. The van der Waals surface area contributed by atoms with Crippen LogP contribution in [0.2, 0.25) is 0 Å². The van der Waals surface area contributed by atoms with Crippen molar-refractivity contribution in [2.45, 2.75) is 52.1 Å². The number of nitrogens with zero attached hydrogens (tertiary/aromatic N) is 2. The molecule has 0 N–H and O–H groups in total. The topological polar surface area (TPSA) is 49.9 Å². The van der Waals surface area contributed by atoms with Gasteiger partial charge in [-0.15, -0.1) is 11.3 Å². The van der Waals surface area contributed by atoms with Gasteiger partial charge in [-0.05, 0) is 61.0 Å². The van der Waals surface area contributed by atoms with Gasteiger partial charge in [0.15, 0.2) is 0 Å². The largest absolute Gasteiger partial charge is 0.491 e. The van der Waals surface area contributed by atoms with Crippen molar-refractivity contribution in [1.29, 1.82) is 0 Å². The molecule has 1 aromatic carbocycles. The first kappa shape index (κ1) is 22.3. The molecular weight excluding hydrogens is 403 g/mol. The Bertz CT molecular complexity index is 868. The molecular formula is C23H29FN2O3S. The van der Waals surface area contributed by atoms with Crippen LogP contribution >= 0.6 is 11.3 Å². The van der Waals surface area contributed by atoms with E-state index in [4.69, 9.17) is 4.74 Å². The third-order valence-electron chi connectivity index (χ3n) is 5.69. The van der Waals surface area contributed by atoms with Gasteiger partial charge in [0.05, 0.1) is 6.04 Å². The van der Waals surface area contributed by atoms with Gasteiger partial charge in [0.2, 0.25) is 11.8 Å². The quantitative estimate of drug-likeness (QED) is 0.620. The van der Waals surface area contributed by atoms with Crippen LogP contribution in [0.25, 0.3) is 0 Å². The number of rotatable bonds is 8. The maximum atomic E-state index is 13.3. The van der Waals surface area contributed by atoms with Crippen molar-refractivity contribution in [3.05, 3.63) is 52.0 Å². The van der Waals surface area contributed by atoms with Crippen LogP contribution in [0.15, 0.2) is 35.7 Å². The van der Waals surface area contributed by atoms with Gasteiger partial charge < -0.3 is 14.5 Å². The van der Waals surface area contributed by atoms with Crippen LogP contribution in [0.5, 0.6) is 5.75 Å². The van der Waals surface area contributed by atoms with Gasteiger partial charge in [0.1, 0.15) is 24.7 Å². The number of hydrogen-bond donors (Lipinski definition) is 0. The summed E-state index contributed by atoms with van der Waals surface area (Å²) in [5.41, 5.74) is 1.10. The Hall–Kier alpha value is -2.41. The normalized spacial score (nSPS) is 16.7. The highest BCUT2D eigenvalue weighted by molar-refractivity contribution is 7.10. The fourth-order valence-electron chi connectivity index (χ4n) is 3.73. The number of thiophene rings is 1. The van der Waals surface area contributed by atoms with E-state index in [2.05, 4.69) is 0 Å². The van der Waals surface area contributed by atoms with Gasteiger partial charge >= 0.3 is 0 Å². The lowest BCUT2D eigenvalue weighted by Crippen LogP contribution is -2.49. The average molecular weight is 433 g/mol. The van der Waals surface area contributed by atoms with Crippen molar-refractivity contribution in [3.8, 4) is 5.75 Å². The van der Waals surface area contributed by atoms with Gasteiger partial charge in [-0.25, -0.2) is 4.39 Å². The van der Waals surface area contributed by atoms with E-state index in [1.54, 1.807) is 28.4 Å². The Morgan fingerprint density at radius 1 is 1.27 bits per heavy atom. The second-order valence-corrected chi connectivity index (χ2v) is 8.55. The van der Waals surface area contributed by atoms with E-state index in [1.165, 1.54) is 17.0 Å². The molecule has 1 aliphatic rings. The van der Waals surface area contributed by atoms with E-state index >= 15 is 0 Å². The lowest BCUT2D eigenvalue weighted by molar-refractivity contribution is -0.144. The standard InChI is InChI=1S/C23H29FN2O3S/c1-4-16(3)26(22(27)5-2)14-23(28)25-12-10-21-19(11-13-30-21)20(25)15-29-18-8-6-17(24)7-9-18/h6-9,11,13,16,20H,4-5,10,12,14-15H2,1-3H3/t16-,20-/m1/s1. The third-order valence-corrected chi connectivity index (χ3v) is 6.68. The van der Waals surface area contributed by atoms with Crippen molar-refractivity contribution in [2.24, 2.45) is 0 Å². The first-order valence-corrected chi connectivity index (χ1v) is 11.4. The molecule has 162 valence electrons. The zero-order valence-corrected chi connectivity index (χ0v) is 18.6. The van der Waals surface area contributed by atoms with E-state index in [-0.39, 0.29) is 42.9 Å². The van der Waals surface area contributed by atoms with Crippen molar-refractivity contribution < 1.29 is 18.7 Å². The molecule has 1 aliphatic heterocycles. The van der Waals surface area contributed by atoms with E-state index < -0.39 is 0 Å².